The van der Waals surface area contributed by atoms with Crippen molar-refractivity contribution in [3.05, 3.63) is 88.9 Å². The number of benzene rings is 2. The monoisotopic (exact) mass is 485 g/mol. The number of hydrogen-bond donors (Lipinski definition) is 1. The number of aromatic nitrogens is 4. The predicted octanol–water partition coefficient (Wildman–Crippen LogP) is 3.71. The first-order chi connectivity index (χ1) is 17.6. The molecule has 36 heavy (non-hydrogen) atoms. The summed E-state index contributed by atoms with van der Waals surface area (Å²) in [5.41, 5.74) is 4.81. The lowest BCUT2D eigenvalue weighted by Gasteiger charge is -2.27. The largest absolute Gasteiger partial charge is 0.496 e. The first-order valence-electron chi connectivity index (χ1n) is 11.9. The molecule has 0 saturated carbocycles. The molecule has 0 bridgehead atoms. The van der Waals surface area contributed by atoms with Gasteiger partial charge in [0.05, 0.1) is 32.5 Å². The lowest BCUT2D eigenvalue weighted by atomic mass is 10.0. The molecule has 184 valence electrons. The van der Waals surface area contributed by atoms with Gasteiger partial charge in [0.15, 0.2) is 5.69 Å². The van der Waals surface area contributed by atoms with E-state index in [1.807, 2.05) is 59.3 Å². The van der Waals surface area contributed by atoms with E-state index in [2.05, 4.69) is 15.3 Å². The Bertz CT molecular complexity index is 1390. The molecule has 0 aliphatic carbocycles. The summed E-state index contributed by atoms with van der Waals surface area (Å²) in [4.78, 5) is 27.8. The van der Waals surface area contributed by atoms with E-state index in [4.69, 9.17) is 9.47 Å². The van der Waals surface area contributed by atoms with Crippen LogP contribution in [0, 0.1) is 0 Å². The van der Waals surface area contributed by atoms with Crippen molar-refractivity contribution in [3.63, 3.8) is 0 Å². The fourth-order valence-corrected chi connectivity index (χ4v) is 4.51. The first kappa shape index (κ1) is 23.3. The van der Waals surface area contributed by atoms with Crippen molar-refractivity contribution in [2.24, 2.45) is 0 Å². The molecule has 9 heteroatoms. The number of nitrogens with one attached hydrogen (secondary N) is 1. The number of carbonyl (C=O) groups excluding carboxylic acids is 2. The van der Waals surface area contributed by atoms with E-state index in [0.717, 1.165) is 22.4 Å². The Morgan fingerprint density at radius 1 is 1.08 bits per heavy atom. The van der Waals surface area contributed by atoms with Crippen LogP contribution in [0.1, 0.15) is 44.7 Å². The second kappa shape index (κ2) is 10.1. The number of aromatic amines is 1. The topological polar surface area (TPSA) is 102 Å². The van der Waals surface area contributed by atoms with Gasteiger partial charge in [-0.05, 0) is 30.7 Å². The number of methoxy groups -OCH3 is 1. The van der Waals surface area contributed by atoms with Crippen LogP contribution in [0.5, 0.6) is 5.75 Å². The van der Waals surface area contributed by atoms with E-state index in [9.17, 15) is 9.59 Å². The van der Waals surface area contributed by atoms with Crippen molar-refractivity contribution >= 4 is 11.9 Å². The van der Waals surface area contributed by atoms with E-state index in [1.165, 1.54) is 0 Å². The lowest BCUT2D eigenvalue weighted by molar-refractivity contribution is 0.0513. The van der Waals surface area contributed by atoms with Crippen LogP contribution >= 0.6 is 0 Å². The highest BCUT2D eigenvalue weighted by atomic mass is 16.5. The maximum Gasteiger partial charge on any atom is 0.359 e. The van der Waals surface area contributed by atoms with Gasteiger partial charge in [-0.1, -0.05) is 42.5 Å². The average Bonchev–Trinajstić information content (AvgIpc) is 3.54. The summed E-state index contributed by atoms with van der Waals surface area (Å²) >= 11 is 0. The summed E-state index contributed by atoms with van der Waals surface area (Å²) < 4.78 is 12.5. The highest BCUT2D eigenvalue weighted by Crippen LogP contribution is 2.30. The van der Waals surface area contributed by atoms with Gasteiger partial charge in [-0.3, -0.25) is 14.6 Å². The van der Waals surface area contributed by atoms with Crippen LogP contribution in [0.3, 0.4) is 0 Å². The summed E-state index contributed by atoms with van der Waals surface area (Å²) in [5, 5.41) is 11.8. The molecule has 1 aliphatic heterocycles. The van der Waals surface area contributed by atoms with E-state index >= 15 is 0 Å². The zero-order chi connectivity index (χ0) is 25.1. The van der Waals surface area contributed by atoms with Crippen LogP contribution in [0.4, 0.5) is 0 Å². The molecule has 0 fully saturated rings. The number of rotatable bonds is 7. The van der Waals surface area contributed by atoms with E-state index in [-0.39, 0.29) is 24.8 Å². The molecule has 2 aromatic heterocycles. The maximum atomic E-state index is 13.4. The number of amides is 1. The summed E-state index contributed by atoms with van der Waals surface area (Å²) in [6.07, 6.45) is 0.577. The zero-order valence-corrected chi connectivity index (χ0v) is 20.2. The molecule has 1 N–H and O–H groups in total. The molecule has 1 aliphatic rings. The molecule has 0 unspecified atom stereocenters. The standard InChI is InChI=1S/C27H27N5O4/c1-3-36-27(34)25-20-17-31(14-13-23(20)32(30-25)16-18-9-5-4-6-10-18)26(33)22-15-21(28-29-22)19-11-7-8-12-24(19)35-2/h4-12,15H,3,13-14,16-17H2,1-2H3,(H,28,29). The Morgan fingerprint density at radius 3 is 2.64 bits per heavy atom. The fraction of sp³-hybridized carbons (Fsp3) is 0.259. The Kier molecular flexibility index (Phi) is 6.53. The van der Waals surface area contributed by atoms with E-state index in [1.54, 1.807) is 25.0 Å². The van der Waals surface area contributed by atoms with Crippen molar-refractivity contribution in [2.75, 3.05) is 20.3 Å². The van der Waals surface area contributed by atoms with Crippen LogP contribution in [0.15, 0.2) is 60.7 Å². The second-order valence-corrected chi connectivity index (χ2v) is 8.48. The smallest absolute Gasteiger partial charge is 0.359 e. The number of hydrogen-bond acceptors (Lipinski definition) is 6. The number of fused-ring (bicyclic) bond motifs is 1. The summed E-state index contributed by atoms with van der Waals surface area (Å²) in [7, 11) is 1.60. The van der Waals surface area contributed by atoms with Gasteiger partial charge in [0.1, 0.15) is 11.4 Å². The Hall–Kier alpha value is -4.40. The molecule has 0 saturated heterocycles. The van der Waals surface area contributed by atoms with Crippen molar-refractivity contribution in [1.82, 2.24) is 24.9 Å². The molecule has 3 heterocycles. The van der Waals surface area contributed by atoms with Gasteiger partial charge in [0.2, 0.25) is 0 Å². The number of ether oxygens (including phenoxy) is 2. The number of para-hydroxylation sites is 1. The minimum absolute atomic E-state index is 0.195. The average molecular weight is 486 g/mol. The summed E-state index contributed by atoms with van der Waals surface area (Å²) in [6, 6.07) is 19.2. The van der Waals surface area contributed by atoms with Crippen molar-refractivity contribution in [2.45, 2.75) is 26.4 Å². The maximum absolute atomic E-state index is 13.4. The Balaban J connectivity index is 1.42. The van der Waals surface area contributed by atoms with Gasteiger partial charge in [-0.2, -0.15) is 10.2 Å². The fourth-order valence-electron chi connectivity index (χ4n) is 4.51. The summed E-state index contributed by atoms with van der Waals surface area (Å²) in [6.45, 7) is 3.32. The number of esters is 1. The quantitative estimate of drug-likeness (QED) is 0.401. The zero-order valence-electron chi connectivity index (χ0n) is 20.2. The third-order valence-electron chi connectivity index (χ3n) is 6.26. The van der Waals surface area contributed by atoms with E-state index < -0.39 is 5.97 Å². The highest BCUT2D eigenvalue weighted by molar-refractivity contribution is 5.94. The Labute approximate surface area is 208 Å². The van der Waals surface area contributed by atoms with Gasteiger partial charge in [0.25, 0.3) is 5.91 Å². The van der Waals surface area contributed by atoms with Gasteiger partial charge < -0.3 is 14.4 Å². The molecule has 0 atom stereocenters. The normalized spacial score (nSPS) is 12.8. The molecule has 1 amide bonds. The van der Waals surface area contributed by atoms with E-state index in [0.29, 0.717) is 36.6 Å². The predicted molar refractivity (Wildman–Crippen MR) is 133 cm³/mol. The van der Waals surface area contributed by atoms with Crippen LogP contribution in [0.25, 0.3) is 11.3 Å². The lowest BCUT2D eigenvalue weighted by Crippen LogP contribution is -2.37. The van der Waals surface area contributed by atoms with Gasteiger partial charge in [-0.15, -0.1) is 0 Å². The van der Waals surface area contributed by atoms with Gasteiger partial charge in [-0.25, -0.2) is 4.79 Å². The van der Waals surface area contributed by atoms with Crippen LogP contribution in [0.2, 0.25) is 0 Å². The highest BCUT2D eigenvalue weighted by Gasteiger charge is 2.31. The van der Waals surface area contributed by atoms with Crippen molar-refractivity contribution < 1.29 is 19.1 Å². The minimum Gasteiger partial charge on any atom is -0.496 e. The first-order valence-corrected chi connectivity index (χ1v) is 11.9. The molecule has 0 spiro atoms. The minimum atomic E-state index is -0.477. The number of carbonyl (C=O) groups is 2. The second-order valence-electron chi connectivity index (χ2n) is 8.48. The third-order valence-corrected chi connectivity index (χ3v) is 6.26. The van der Waals surface area contributed by atoms with Crippen LogP contribution in [-0.4, -0.2) is 57.0 Å². The van der Waals surface area contributed by atoms with Crippen molar-refractivity contribution in [3.8, 4) is 17.0 Å². The van der Waals surface area contributed by atoms with Gasteiger partial charge >= 0.3 is 5.97 Å². The number of H-pyrrole nitrogens is 1. The van der Waals surface area contributed by atoms with Crippen LogP contribution in [-0.2, 0) is 24.2 Å². The molecule has 5 rings (SSSR count). The number of nitrogens with zero attached hydrogens (tertiary/aromatic N) is 4. The molecular formula is C27H27N5O4. The summed E-state index contributed by atoms with van der Waals surface area (Å²) in [5.74, 6) is 0.00491. The van der Waals surface area contributed by atoms with Crippen LogP contribution < -0.4 is 4.74 Å². The molecular weight excluding hydrogens is 458 g/mol. The molecule has 0 radical (unpaired) electrons. The van der Waals surface area contributed by atoms with Gasteiger partial charge in [0, 0.05) is 29.8 Å². The Morgan fingerprint density at radius 2 is 1.86 bits per heavy atom. The molecule has 9 nitrogen and oxygen atoms in total. The molecule has 4 aromatic rings. The molecule has 2 aromatic carbocycles. The third kappa shape index (κ3) is 4.47. The SMILES string of the molecule is CCOC(=O)c1nn(Cc2ccccc2)c2c1CN(C(=O)c1cc(-c3ccccc3OC)n[nH]1)CC2. The van der Waals surface area contributed by atoms with Crippen molar-refractivity contribution in [1.29, 1.82) is 0 Å².